The molecule has 1 aliphatic heterocycles. The predicted molar refractivity (Wildman–Crippen MR) is 63.4 cm³/mol. The van der Waals surface area contributed by atoms with Crippen molar-refractivity contribution in [2.24, 2.45) is 0 Å². The Balaban J connectivity index is 2.34. The van der Waals surface area contributed by atoms with Gasteiger partial charge in [0.25, 0.3) is 0 Å². The maximum atomic E-state index is 4.63. The van der Waals surface area contributed by atoms with Crippen molar-refractivity contribution in [2.45, 2.75) is 52.6 Å². The van der Waals surface area contributed by atoms with Crippen LogP contribution in [-0.2, 0) is 6.54 Å². The number of nitrogens with zero attached hydrogens (tertiary/aromatic N) is 3. The third kappa shape index (κ3) is 1.75. The van der Waals surface area contributed by atoms with Gasteiger partial charge < -0.3 is 4.90 Å². The zero-order valence-electron chi connectivity index (χ0n) is 10.4. The van der Waals surface area contributed by atoms with Crippen LogP contribution in [0.15, 0.2) is 6.07 Å². The van der Waals surface area contributed by atoms with Gasteiger partial charge in [-0.25, -0.2) is 4.68 Å². The maximum Gasteiger partial charge on any atom is 0.127 e. The summed E-state index contributed by atoms with van der Waals surface area (Å²) in [7, 11) is 0. The first-order chi connectivity index (χ1) is 6.89. The first-order valence-corrected chi connectivity index (χ1v) is 5.75. The van der Waals surface area contributed by atoms with E-state index in [1.165, 1.54) is 11.5 Å². The SMILES string of the molecule is CC(C)c1cc2n(n1)CCN2C(C)(C)C. The largest absolute Gasteiger partial charge is 0.350 e. The van der Waals surface area contributed by atoms with Crippen molar-refractivity contribution in [3.8, 4) is 0 Å². The second-order valence-electron chi connectivity index (χ2n) is 5.63. The number of aromatic nitrogens is 2. The Morgan fingerprint density at radius 2 is 1.93 bits per heavy atom. The van der Waals surface area contributed by atoms with Crippen LogP contribution < -0.4 is 4.90 Å². The average Bonchev–Trinajstić information content (AvgIpc) is 2.56. The highest BCUT2D eigenvalue weighted by molar-refractivity contribution is 5.46. The summed E-state index contributed by atoms with van der Waals surface area (Å²) in [6, 6.07) is 2.24. The summed E-state index contributed by atoms with van der Waals surface area (Å²) in [5, 5.41) is 4.63. The molecule has 0 radical (unpaired) electrons. The number of anilines is 1. The minimum absolute atomic E-state index is 0.197. The summed E-state index contributed by atoms with van der Waals surface area (Å²) in [6.45, 7) is 13.3. The normalized spacial score (nSPS) is 16.3. The Labute approximate surface area is 92.1 Å². The molecule has 0 unspecified atom stereocenters. The van der Waals surface area contributed by atoms with Crippen molar-refractivity contribution in [3.05, 3.63) is 11.8 Å². The monoisotopic (exact) mass is 207 g/mol. The molecule has 0 saturated heterocycles. The van der Waals surface area contributed by atoms with Gasteiger partial charge in [-0.15, -0.1) is 0 Å². The zero-order valence-corrected chi connectivity index (χ0v) is 10.4. The van der Waals surface area contributed by atoms with Gasteiger partial charge in [0, 0.05) is 18.2 Å². The van der Waals surface area contributed by atoms with Crippen molar-refractivity contribution >= 4 is 5.82 Å². The van der Waals surface area contributed by atoms with Crippen LogP contribution >= 0.6 is 0 Å². The Morgan fingerprint density at radius 3 is 2.47 bits per heavy atom. The number of fused-ring (bicyclic) bond motifs is 1. The van der Waals surface area contributed by atoms with Crippen LogP contribution in [0, 0.1) is 0 Å². The van der Waals surface area contributed by atoms with E-state index < -0.39 is 0 Å². The third-order valence-corrected chi connectivity index (χ3v) is 2.99. The standard InChI is InChI=1S/C12H21N3/c1-9(2)10-8-11-14(12(3,4)5)6-7-15(11)13-10/h8-9H,6-7H2,1-5H3. The molecule has 3 heteroatoms. The molecule has 15 heavy (non-hydrogen) atoms. The van der Waals surface area contributed by atoms with Gasteiger partial charge in [0.2, 0.25) is 0 Å². The first-order valence-electron chi connectivity index (χ1n) is 5.75. The third-order valence-electron chi connectivity index (χ3n) is 2.99. The number of hydrogen-bond donors (Lipinski definition) is 0. The van der Waals surface area contributed by atoms with Crippen molar-refractivity contribution in [3.63, 3.8) is 0 Å². The van der Waals surface area contributed by atoms with Crippen LogP contribution in [0.25, 0.3) is 0 Å². The number of rotatable bonds is 1. The van der Waals surface area contributed by atoms with E-state index in [4.69, 9.17) is 0 Å². The van der Waals surface area contributed by atoms with Gasteiger partial charge in [-0.2, -0.15) is 5.10 Å². The second kappa shape index (κ2) is 3.26. The molecule has 1 aromatic heterocycles. The lowest BCUT2D eigenvalue weighted by atomic mass is 10.1. The first kappa shape index (κ1) is 10.5. The average molecular weight is 207 g/mol. The molecule has 2 rings (SSSR count). The molecular formula is C12H21N3. The molecule has 1 aromatic rings. The van der Waals surface area contributed by atoms with Gasteiger partial charge in [0.15, 0.2) is 0 Å². The van der Waals surface area contributed by atoms with Gasteiger partial charge in [0.1, 0.15) is 5.82 Å². The molecule has 0 amide bonds. The molecule has 0 spiro atoms. The molecule has 1 aliphatic rings. The Morgan fingerprint density at radius 1 is 1.27 bits per heavy atom. The van der Waals surface area contributed by atoms with Crippen LogP contribution in [0.5, 0.6) is 0 Å². The van der Waals surface area contributed by atoms with E-state index in [-0.39, 0.29) is 5.54 Å². The highest BCUT2D eigenvalue weighted by Gasteiger charge is 2.30. The summed E-state index contributed by atoms with van der Waals surface area (Å²) in [6.07, 6.45) is 0. The van der Waals surface area contributed by atoms with Gasteiger partial charge in [-0.05, 0) is 26.7 Å². The maximum absolute atomic E-state index is 4.63. The molecule has 0 aliphatic carbocycles. The van der Waals surface area contributed by atoms with E-state index in [0.29, 0.717) is 5.92 Å². The van der Waals surface area contributed by atoms with Crippen LogP contribution in [0.1, 0.15) is 46.2 Å². The summed E-state index contributed by atoms with van der Waals surface area (Å²) in [5.41, 5.74) is 1.40. The lowest BCUT2D eigenvalue weighted by molar-refractivity contribution is 0.516. The Kier molecular flexibility index (Phi) is 2.28. The molecule has 2 heterocycles. The van der Waals surface area contributed by atoms with E-state index in [2.05, 4.69) is 55.4 Å². The van der Waals surface area contributed by atoms with E-state index in [0.717, 1.165) is 13.1 Å². The van der Waals surface area contributed by atoms with Crippen molar-refractivity contribution in [2.75, 3.05) is 11.4 Å². The molecule has 84 valence electrons. The number of hydrogen-bond acceptors (Lipinski definition) is 2. The molecule has 0 bridgehead atoms. The highest BCUT2D eigenvalue weighted by Crippen LogP contribution is 2.30. The van der Waals surface area contributed by atoms with Crippen LogP contribution in [0.2, 0.25) is 0 Å². The fraction of sp³-hybridized carbons (Fsp3) is 0.750. The highest BCUT2D eigenvalue weighted by atomic mass is 15.4. The van der Waals surface area contributed by atoms with E-state index in [1.807, 2.05) is 0 Å². The Bertz CT molecular complexity index is 357. The smallest absolute Gasteiger partial charge is 0.127 e. The van der Waals surface area contributed by atoms with Crippen LogP contribution in [0.3, 0.4) is 0 Å². The quantitative estimate of drug-likeness (QED) is 0.706. The summed E-state index contributed by atoms with van der Waals surface area (Å²) in [4.78, 5) is 2.44. The molecule has 0 aromatic carbocycles. The molecular weight excluding hydrogens is 186 g/mol. The van der Waals surface area contributed by atoms with Crippen LogP contribution in [0.4, 0.5) is 5.82 Å². The minimum Gasteiger partial charge on any atom is -0.350 e. The van der Waals surface area contributed by atoms with Gasteiger partial charge >= 0.3 is 0 Å². The van der Waals surface area contributed by atoms with Crippen molar-refractivity contribution < 1.29 is 0 Å². The molecule has 3 nitrogen and oxygen atoms in total. The zero-order chi connectivity index (χ0) is 11.2. The molecule has 0 fully saturated rings. The van der Waals surface area contributed by atoms with Crippen LogP contribution in [-0.4, -0.2) is 21.9 Å². The fourth-order valence-corrected chi connectivity index (χ4v) is 2.08. The fourth-order valence-electron chi connectivity index (χ4n) is 2.08. The van der Waals surface area contributed by atoms with Crippen molar-refractivity contribution in [1.29, 1.82) is 0 Å². The lowest BCUT2D eigenvalue weighted by Gasteiger charge is -2.32. The van der Waals surface area contributed by atoms with Gasteiger partial charge in [-0.1, -0.05) is 13.8 Å². The van der Waals surface area contributed by atoms with Gasteiger partial charge in [-0.3, -0.25) is 0 Å². The second-order valence-corrected chi connectivity index (χ2v) is 5.63. The molecule has 0 N–H and O–H groups in total. The minimum atomic E-state index is 0.197. The lowest BCUT2D eigenvalue weighted by Crippen LogP contribution is -2.40. The van der Waals surface area contributed by atoms with E-state index >= 15 is 0 Å². The Hall–Kier alpha value is -0.990. The summed E-state index contributed by atoms with van der Waals surface area (Å²) < 4.78 is 2.14. The summed E-state index contributed by atoms with van der Waals surface area (Å²) in [5.74, 6) is 1.80. The predicted octanol–water partition coefficient (Wildman–Crippen LogP) is 2.63. The van der Waals surface area contributed by atoms with Gasteiger partial charge in [0.05, 0.1) is 12.2 Å². The van der Waals surface area contributed by atoms with E-state index in [9.17, 15) is 0 Å². The summed E-state index contributed by atoms with van der Waals surface area (Å²) >= 11 is 0. The van der Waals surface area contributed by atoms with Crippen molar-refractivity contribution in [1.82, 2.24) is 9.78 Å². The van der Waals surface area contributed by atoms with E-state index in [1.54, 1.807) is 0 Å². The molecule has 0 atom stereocenters. The molecule has 0 saturated carbocycles. The topological polar surface area (TPSA) is 21.1 Å².